The first-order chi connectivity index (χ1) is 5.31. The van der Waals surface area contributed by atoms with E-state index in [1.807, 2.05) is 13.0 Å². The molecular weight excluding hydrogens is 208 g/mol. The van der Waals surface area contributed by atoms with E-state index in [0.29, 0.717) is 11.9 Å². The van der Waals surface area contributed by atoms with Crippen LogP contribution in [0.15, 0.2) is 24.3 Å². The second-order valence-corrected chi connectivity index (χ2v) is 2.53. The van der Waals surface area contributed by atoms with Crippen molar-refractivity contribution < 1.29 is 9.53 Å². The fraction of sp³-hybridized carbons (Fsp3) is 0.375. The maximum Gasteiger partial charge on any atom is 0.330 e. The number of carbonyl (C=O) groups excluding carboxylic acids is 1. The molecule has 0 fully saturated rings. The van der Waals surface area contributed by atoms with Gasteiger partial charge in [-0.2, -0.15) is 0 Å². The third-order valence-electron chi connectivity index (χ3n) is 0.857. The Hall–Kier alpha value is -0.570. The second-order valence-electron chi connectivity index (χ2n) is 1.74. The maximum absolute atomic E-state index is 10.7. The smallest absolute Gasteiger partial charge is 0.330 e. The van der Waals surface area contributed by atoms with Gasteiger partial charge in [0.1, 0.15) is 6.61 Å². The Morgan fingerprint density at radius 1 is 1.55 bits per heavy atom. The minimum absolute atomic E-state index is 0.303. The molecule has 11 heavy (non-hydrogen) atoms. The Kier molecular flexibility index (Phi) is 7.15. The van der Waals surface area contributed by atoms with Crippen LogP contribution in [0.1, 0.15) is 6.92 Å². The zero-order chi connectivity index (χ0) is 8.53. The second kappa shape index (κ2) is 7.54. The highest BCUT2D eigenvalue weighted by atomic mass is 79.9. The van der Waals surface area contributed by atoms with Crippen molar-refractivity contribution in [3.63, 3.8) is 0 Å². The van der Waals surface area contributed by atoms with Crippen LogP contribution in [0.25, 0.3) is 0 Å². The standard InChI is InChI=1S/C8H11BrO2/c1-2-3-4-5-8(10)11-7-6-9/h2-5H,6-7H2,1H3/b3-2+,5-4+. The lowest BCUT2D eigenvalue weighted by atomic mass is 10.4. The summed E-state index contributed by atoms with van der Waals surface area (Å²) in [5, 5.41) is 0.677. The topological polar surface area (TPSA) is 26.3 Å². The van der Waals surface area contributed by atoms with Crippen molar-refractivity contribution in [2.45, 2.75) is 6.92 Å². The molecule has 0 radical (unpaired) electrons. The molecule has 0 saturated heterocycles. The normalized spacial score (nSPS) is 11.1. The van der Waals surface area contributed by atoms with Crippen molar-refractivity contribution in [3.05, 3.63) is 24.3 Å². The third-order valence-corrected chi connectivity index (χ3v) is 1.18. The first kappa shape index (κ1) is 10.4. The van der Waals surface area contributed by atoms with Gasteiger partial charge >= 0.3 is 5.97 Å². The number of rotatable bonds is 4. The summed E-state index contributed by atoms with van der Waals surface area (Å²) in [7, 11) is 0. The van der Waals surface area contributed by atoms with Crippen LogP contribution in [0.2, 0.25) is 0 Å². The van der Waals surface area contributed by atoms with Crippen LogP contribution in [0.4, 0.5) is 0 Å². The number of ether oxygens (including phenoxy) is 1. The number of alkyl halides is 1. The SMILES string of the molecule is C/C=C/C=C/C(=O)OCCBr. The predicted octanol–water partition coefficient (Wildman–Crippen LogP) is 2.06. The average molecular weight is 219 g/mol. The van der Waals surface area contributed by atoms with Crippen LogP contribution < -0.4 is 0 Å². The number of allylic oxidation sites excluding steroid dienone is 3. The molecule has 0 aliphatic carbocycles. The molecule has 0 amide bonds. The van der Waals surface area contributed by atoms with Gasteiger partial charge in [0.15, 0.2) is 0 Å². The summed E-state index contributed by atoms with van der Waals surface area (Å²) < 4.78 is 4.73. The Morgan fingerprint density at radius 3 is 2.82 bits per heavy atom. The molecule has 0 aromatic heterocycles. The number of esters is 1. The summed E-state index contributed by atoms with van der Waals surface area (Å²) in [6, 6.07) is 0. The summed E-state index contributed by atoms with van der Waals surface area (Å²) in [6.07, 6.45) is 6.66. The molecule has 0 saturated carbocycles. The molecule has 0 heterocycles. The molecule has 2 nitrogen and oxygen atoms in total. The molecule has 0 aliphatic rings. The Bertz CT molecular complexity index is 161. The van der Waals surface area contributed by atoms with Crippen LogP contribution in [0.5, 0.6) is 0 Å². The first-order valence-corrected chi connectivity index (χ1v) is 4.45. The molecule has 0 aromatic carbocycles. The minimum Gasteiger partial charge on any atom is -0.462 e. The number of hydrogen-bond acceptors (Lipinski definition) is 2. The highest BCUT2D eigenvalue weighted by Gasteiger charge is 1.92. The Morgan fingerprint density at radius 2 is 2.27 bits per heavy atom. The van der Waals surface area contributed by atoms with Gasteiger partial charge in [0.05, 0.1) is 0 Å². The van der Waals surface area contributed by atoms with Gasteiger partial charge in [-0.15, -0.1) is 0 Å². The molecular formula is C8H11BrO2. The molecule has 0 bridgehead atoms. The van der Waals surface area contributed by atoms with E-state index in [-0.39, 0.29) is 5.97 Å². The van der Waals surface area contributed by atoms with E-state index in [0.717, 1.165) is 0 Å². The average Bonchev–Trinajstić information content (AvgIpc) is 2.01. The van der Waals surface area contributed by atoms with Gasteiger partial charge < -0.3 is 4.74 Å². The molecule has 0 N–H and O–H groups in total. The molecule has 62 valence electrons. The molecule has 0 aliphatic heterocycles. The number of halogens is 1. The Labute approximate surface area is 75.1 Å². The van der Waals surface area contributed by atoms with Crippen molar-refractivity contribution in [3.8, 4) is 0 Å². The summed E-state index contributed by atoms with van der Waals surface area (Å²) in [5.41, 5.74) is 0. The van der Waals surface area contributed by atoms with Gasteiger partial charge in [-0.05, 0) is 6.92 Å². The van der Waals surface area contributed by atoms with Gasteiger partial charge in [0.25, 0.3) is 0 Å². The summed E-state index contributed by atoms with van der Waals surface area (Å²) in [6.45, 7) is 2.30. The van der Waals surface area contributed by atoms with E-state index in [9.17, 15) is 4.79 Å². The molecule has 0 unspecified atom stereocenters. The lowest BCUT2D eigenvalue weighted by Crippen LogP contribution is -2.02. The summed E-state index contributed by atoms with van der Waals surface area (Å²) in [5.74, 6) is -0.303. The number of carbonyl (C=O) groups is 1. The summed E-state index contributed by atoms with van der Waals surface area (Å²) in [4.78, 5) is 10.7. The van der Waals surface area contributed by atoms with Gasteiger partial charge in [-0.3, -0.25) is 0 Å². The van der Waals surface area contributed by atoms with Gasteiger partial charge in [0.2, 0.25) is 0 Å². The van der Waals surface area contributed by atoms with E-state index in [1.165, 1.54) is 6.08 Å². The van der Waals surface area contributed by atoms with Crippen molar-refractivity contribution in [2.75, 3.05) is 11.9 Å². The van der Waals surface area contributed by atoms with E-state index < -0.39 is 0 Å². The summed E-state index contributed by atoms with van der Waals surface area (Å²) >= 11 is 3.14. The van der Waals surface area contributed by atoms with Crippen LogP contribution in [0, 0.1) is 0 Å². The van der Waals surface area contributed by atoms with Gasteiger partial charge in [-0.25, -0.2) is 4.79 Å². The predicted molar refractivity (Wildman–Crippen MR) is 48.7 cm³/mol. The first-order valence-electron chi connectivity index (χ1n) is 3.33. The quantitative estimate of drug-likeness (QED) is 0.313. The highest BCUT2D eigenvalue weighted by Crippen LogP contribution is 1.85. The van der Waals surface area contributed by atoms with Crippen molar-refractivity contribution in [1.82, 2.24) is 0 Å². The van der Waals surface area contributed by atoms with Gasteiger partial charge in [-0.1, -0.05) is 34.2 Å². The van der Waals surface area contributed by atoms with Crippen LogP contribution >= 0.6 is 15.9 Å². The Balaban J connectivity index is 3.51. The molecule has 0 rings (SSSR count). The zero-order valence-electron chi connectivity index (χ0n) is 6.42. The van der Waals surface area contributed by atoms with Crippen molar-refractivity contribution >= 4 is 21.9 Å². The van der Waals surface area contributed by atoms with Crippen LogP contribution in [-0.4, -0.2) is 17.9 Å². The highest BCUT2D eigenvalue weighted by molar-refractivity contribution is 9.09. The molecule has 3 heteroatoms. The van der Waals surface area contributed by atoms with Gasteiger partial charge in [0, 0.05) is 11.4 Å². The largest absolute Gasteiger partial charge is 0.462 e. The van der Waals surface area contributed by atoms with E-state index in [4.69, 9.17) is 4.74 Å². The van der Waals surface area contributed by atoms with Crippen LogP contribution in [0.3, 0.4) is 0 Å². The number of hydrogen-bond donors (Lipinski definition) is 0. The minimum atomic E-state index is -0.303. The lowest BCUT2D eigenvalue weighted by Gasteiger charge is -1.94. The van der Waals surface area contributed by atoms with E-state index in [1.54, 1.807) is 12.2 Å². The fourth-order valence-electron chi connectivity index (χ4n) is 0.433. The molecule has 0 atom stereocenters. The van der Waals surface area contributed by atoms with E-state index >= 15 is 0 Å². The zero-order valence-corrected chi connectivity index (χ0v) is 8.00. The van der Waals surface area contributed by atoms with Crippen LogP contribution in [-0.2, 0) is 9.53 Å². The fourth-order valence-corrected chi connectivity index (χ4v) is 0.594. The molecule has 0 spiro atoms. The molecule has 0 aromatic rings. The third kappa shape index (κ3) is 7.33. The van der Waals surface area contributed by atoms with Crippen molar-refractivity contribution in [1.29, 1.82) is 0 Å². The van der Waals surface area contributed by atoms with Crippen molar-refractivity contribution in [2.24, 2.45) is 0 Å². The van der Waals surface area contributed by atoms with E-state index in [2.05, 4.69) is 15.9 Å². The maximum atomic E-state index is 10.7. The monoisotopic (exact) mass is 218 g/mol. The lowest BCUT2D eigenvalue weighted by molar-refractivity contribution is -0.137.